The van der Waals surface area contributed by atoms with Gasteiger partial charge in [-0.05, 0) is 28.4 Å². The lowest BCUT2D eigenvalue weighted by atomic mass is 9.69. The molecule has 1 aromatic heterocycles. The molecule has 20 heavy (non-hydrogen) atoms. The van der Waals surface area contributed by atoms with Gasteiger partial charge in [0.2, 0.25) is 5.88 Å². The predicted molar refractivity (Wildman–Crippen MR) is 73.1 cm³/mol. The Kier molecular flexibility index (Phi) is 4.51. The van der Waals surface area contributed by atoms with Gasteiger partial charge in [-0.15, -0.1) is 12.4 Å². The molecule has 1 aromatic rings. The molecule has 1 N–H and O–H groups in total. The van der Waals surface area contributed by atoms with E-state index in [1.54, 1.807) is 0 Å². The number of piperidine rings is 2. The SMILES string of the molecule is Cl.FC(F)(F)c1cnc(OC2[C@@H]3CNC[C@H]2C3)c(Br)c1. The molecule has 2 fully saturated rings. The molecule has 0 amide bonds. The van der Waals surface area contributed by atoms with E-state index in [1.807, 2.05) is 0 Å². The number of hydrogen-bond acceptors (Lipinski definition) is 3. The van der Waals surface area contributed by atoms with Crippen molar-refractivity contribution in [1.29, 1.82) is 0 Å². The number of rotatable bonds is 2. The van der Waals surface area contributed by atoms with E-state index < -0.39 is 11.7 Å². The molecule has 8 heteroatoms. The summed E-state index contributed by atoms with van der Waals surface area (Å²) >= 11 is 3.10. The van der Waals surface area contributed by atoms with Crippen molar-refractivity contribution >= 4 is 28.3 Å². The zero-order chi connectivity index (χ0) is 13.6. The minimum absolute atomic E-state index is 0. The first kappa shape index (κ1) is 15.9. The minimum atomic E-state index is -4.38. The maximum atomic E-state index is 12.5. The molecular weight excluding hydrogens is 360 g/mol. The van der Waals surface area contributed by atoms with Crippen LogP contribution < -0.4 is 10.1 Å². The van der Waals surface area contributed by atoms with Gasteiger partial charge >= 0.3 is 6.18 Å². The van der Waals surface area contributed by atoms with Gasteiger partial charge in [0, 0.05) is 31.1 Å². The molecule has 1 unspecified atom stereocenters. The highest BCUT2D eigenvalue weighted by Gasteiger charge is 2.46. The van der Waals surface area contributed by atoms with Crippen LogP contribution in [0.2, 0.25) is 0 Å². The summed E-state index contributed by atoms with van der Waals surface area (Å²) in [4.78, 5) is 3.78. The number of nitrogens with zero attached hydrogens (tertiary/aromatic N) is 1. The highest BCUT2D eigenvalue weighted by molar-refractivity contribution is 9.10. The maximum Gasteiger partial charge on any atom is 0.417 e. The van der Waals surface area contributed by atoms with E-state index in [2.05, 4.69) is 26.2 Å². The Balaban J connectivity index is 0.00000147. The molecule has 1 aliphatic carbocycles. The minimum Gasteiger partial charge on any atom is -0.473 e. The highest BCUT2D eigenvalue weighted by Crippen LogP contribution is 2.41. The molecule has 1 aliphatic heterocycles. The molecule has 3 rings (SSSR count). The van der Waals surface area contributed by atoms with Crippen LogP contribution in [0.4, 0.5) is 13.2 Å². The first-order chi connectivity index (χ1) is 8.95. The number of pyridine rings is 1. The van der Waals surface area contributed by atoms with Crippen molar-refractivity contribution in [3.05, 3.63) is 22.3 Å². The third-order valence-electron chi connectivity index (χ3n) is 3.73. The quantitative estimate of drug-likeness (QED) is 0.864. The Labute approximate surface area is 128 Å². The van der Waals surface area contributed by atoms with E-state index >= 15 is 0 Å². The van der Waals surface area contributed by atoms with Gasteiger partial charge in [-0.2, -0.15) is 13.2 Å². The number of hydrogen-bond donors (Lipinski definition) is 1. The van der Waals surface area contributed by atoms with E-state index in [9.17, 15) is 13.2 Å². The lowest BCUT2D eigenvalue weighted by molar-refractivity contribution is -0.138. The molecule has 3 atom stereocenters. The average molecular weight is 374 g/mol. The second-order valence-electron chi connectivity index (χ2n) is 5.01. The summed E-state index contributed by atoms with van der Waals surface area (Å²) in [6, 6.07) is 1.01. The van der Waals surface area contributed by atoms with Crippen LogP contribution in [0.15, 0.2) is 16.7 Å². The van der Waals surface area contributed by atoms with Crippen LogP contribution in [-0.4, -0.2) is 24.2 Å². The number of ether oxygens (including phenoxy) is 1. The van der Waals surface area contributed by atoms with E-state index in [-0.39, 0.29) is 28.9 Å². The fourth-order valence-electron chi connectivity index (χ4n) is 2.69. The second-order valence-corrected chi connectivity index (χ2v) is 5.86. The molecule has 0 spiro atoms. The highest BCUT2D eigenvalue weighted by atomic mass is 79.9. The molecule has 0 radical (unpaired) electrons. The zero-order valence-electron chi connectivity index (χ0n) is 10.3. The Morgan fingerprint density at radius 3 is 2.45 bits per heavy atom. The number of alkyl halides is 3. The standard InChI is InChI=1S/C12H12BrF3N2O.ClH/c13-9-2-8(12(14,15)16)5-18-11(9)19-10-6-1-7(10)4-17-3-6;/h2,5-7,10,17H,1,3-4H2;1H/t6-,7+,10?;. The van der Waals surface area contributed by atoms with Gasteiger partial charge in [-0.25, -0.2) is 4.98 Å². The van der Waals surface area contributed by atoms with Crippen molar-refractivity contribution in [2.24, 2.45) is 11.8 Å². The van der Waals surface area contributed by atoms with Crippen LogP contribution in [0.1, 0.15) is 12.0 Å². The van der Waals surface area contributed by atoms with Crippen LogP contribution >= 0.6 is 28.3 Å². The first-order valence-corrected chi connectivity index (χ1v) is 6.84. The Morgan fingerprint density at radius 1 is 1.30 bits per heavy atom. The number of fused-ring (bicyclic) bond motifs is 2. The van der Waals surface area contributed by atoms with Gasteiger partial charge in [0.25, 0.3) is 0 Å². The van der Waals surface area contributed by atoms with Crippen molar-refractivity contribution < 1.29 is 17.9 Å². The first-order valence-electron chi connectivity index (χ1n) is 6.05. The summed E-state index contributed by atoms with van der Waals surface area (Å²) in [7, 11) is 0. The fraction of sp³-hybridized carbons (Fsp3) is 0.583. The largest absolute Gasteiger partial charge is 0.473 e. The maximum absolute atomic E-state index is 12.5. The lowest BCUT2D eigenvalue weighted by Gasteiger charge is -2.48. The third kappa shape index (κ3) is 2.89. The topological polar surface area (TPSA) is 34.1 Å². The molecule has 2 bridgehead atoms. The summed E-state index contributed by atoms with van der Waals surface area (Å²) < 4.78 is 43.6. The van der Waals surface area contributed by atoms with Crippen LogP contribution in [0.5, 0.6) is 5.88 Å². The summed E-state index contributed by atoms with van der Waals surface area (Å²) in [6.45, 7) is 1.80. The van der Waals surface area contributed by atoms with Crippen LogP contribution in [0.25, 0.3) is 0 Å². The monoisotopic (exact) mass is 372 g/mol. The Bertz CT molecular complexity index is 486. The normalized spacial score (nSPS) is 28.3. The van der Waals surface area contributed by atoms with E-state index in [0.29, 0.717) is 11.8 Å². The van der Waals surface area contributed by atoms with Crippen molar-refractivity contribution in [2.45, 2.75) is 18.7 Å². The number of halogens is 5. The van der Waals surface area contributed by atoms with Gasteiger partial charge in [-0.1, -0.05) is 0 Å². The molecule has 112 valence electrons. The van der Waals surface area contributed by atoms with E-state index in [1.165, 1.54) is 0 Å². The summed E-state index contributed by atoms with van der Waals surface area (Å²) in [5, 5.41) is 3.28. The van der Waals surface area contributed by atoms with Gasteiger partial charge in [0.15, 0.2) is 0 Å². The summed E-state index contributed by atoms with van der Waals surface area (Å²) in [5.41, 5.74) is -0.776. The van der Waals surface area contributed by atoms with Crippen molar-refractivity contribution in [1.82, 2.24) is 10.3 Å². The van der Waals surface area contributed by atoms with Gasteiger partial charge in [0.1, 0.15) is 6.10 Å². The molecule has 1 saturated carbocycles. The Hall–Kier alpha value is -0.530. The lowest BCUT2D eigenvalue weighted by Crippen LogP contribution is -2.59. The van der Waals surface area contributed by atoms with Gasteiger partial charge in [-0.3, -0.25) is 0 Å². The molecule has 0 aromatic carbocycles. The molecule has 2 aliphatic rings. The number of nitrogens with one attached hydrogen (secondary N) is 1. The smallest absolute Gasteiger partial charge is 0.417 e. The Morgan fingerprint density at radius 2 is 1.95 bits per heavy atom. The number of aromatic nitrogens is 1. The molecule has 2 heterocycles. The van der Waals surface area contributed by atoms with Crippen molar-refractivity contribution in [2.75, 3.05) is 13.1 Å². The second kappa shape index (κ2) is 5.69. The molecule has 1 saturated heterocycles. The van der Waals surface area contributed by atoms with Gasteiger partial charge < -0.3 is 10.1 Å². The van der Waals surface area contributed by atoms with Crippen molar-refractivity contribution in [3.63, 3.8) is 0 Å². The van der Waals surface area contributed by atoms with Crippen LogP contribution in [-0.2, 0) is 6.18 Å². The zero-order valence-corrected chi connectivity index (χ0v) is 12.7. The van der Waals surface area contributed by atoms with Crippen LogP contribution in [0, 0.1) is 11.8 Å². The fourth-order valence-corrected chi connectivity index (χ4v) is 3.13. The third-order valence-corrected chi connectivity index (χ3v) is 4.30. The van der Waals surface area contributed by atoms with E-state index in [4.69, 9.17) is 4.74 Å². The average Bonchev–Trinajstić information content (AvgIpc) is 2.36. The molecular formula is C12H13BrClF3N2O. The van der Waals surface area contributed by atoms with E-state index in [0.717, 1.165) is 31.8 Å². The summed E-state index contributed by atoms with van der Waals surface area (Å²) in [5.74, 6) is 1.12. The summed E-state index contributed by atoms with van der Waals surface area (Å²) in [6.07, 6.45) is -2.38. The van der Waals surface area contributed by atoms with Gasteiger partial charge in [0.05, 0.1) is 10.0 Å². The molecule has 3 nitrogen and oxygen atoms in total. The van der Waals surface area contributed by atoms with Crippen molar-refractivity contribution in [3.8, 4) is 5.88 Å². The predicted octanol–water partition coefficient (Wildman–Crippen LogP) is 3.27. The van der Waals surface area contributed by atoms with Crippen LogP contribution in [0.3, 0.4) is 0 Å².